The van der Waals surface area contributed by atoms with Crippen molar-refractivity contribution >= 4 is 16.8 Å². The largest absolute Gasteiger partial charge is 0.441 e. The van der Waals surface area contributed by atoms with Gasteiger partial charge in [-0.3, -0.25) is 0 Å². The van der Waals surface area contributed by atoms with Crippen molar-refractivity contribution in [3.05, 3.63) is 48.1 Å². The van der Waals surface area contributed by atoms with Gasteiger partial charge >= 0.3 is 0 Å². The average Bonchev–Trinajstić information content (AvgIpc) is 3.01. The molecule has 0 radical (unpaired) electrons. The zero-order chi connectivity index (χ0) is 13.9. The fraction of sp³-hybridized carbons (Fsp3) is 0.312. The molecule has 0 bridgehead atoms. The van der Waals surface area contributed by atoms with Crippen LogP contribution in [0.4, 0.5) is 5.69 Å². The highest BCUT2D eigenvalue weighted by Gasteiger charge is 2.04. The van der Waals surface area contributed by atoms with E-state index < -0.39 is 0 Å². The SMILES string of the molecule is CCCn1cccc1CNc1ccc2oc(C)nc2c1. The van der Waals surface area contributed by atoms with E-state index in [-0.39, 0.29) is 0 Å². The van der Waals surface area contributed by atoms with Crippen LogP contribution in [0.1, 0.15) is 24.9 Å². The average molecular weight is 269 g/mol. The van der Waals surface area contributed by atoms with E-state index in [2.05, 4.69) is 40.1 Å². The number of hydrogen-bond donors (Lipinski definition) is 1. The van der Waals surface area contributed by atoms with Gasteiger partial charge in [-0.25, -0.2) is 4.98 Å². The highest BCUT2D eigenvalue weighted by molar-refractivity contribution is 5.77. The number of anilines is 1. The Hall–Kier alpha value is -2.23. The quantitative estimate of drug-likeness (QED) is 0.762. The Morgan fingerprint density at radius 2 is 2.20 bits per heavy atom. The standard InChI is InChI=1S/C16H19N3O/c1-3-8-19-9-4-5-14(19)11-17-13-6-7-16-15(10-13)18-12(2)20-16/h4-7,9-10,17H,3,8,11H2,1-2H3. The highest BCUT2D eigenvalue weighted by atomic mass is 16.3. The molecule has 3 rings (SSSR count). The van der Waals surface area contributed by atoms with Crippen molar-refractivity contribution in [2.75, 3.05) is 5.32 Å². The van der Waals surface area contributed by atoms with Gasteiger partial charge in [-0.15, -0.1) is 0 Å². The van der Waals surface area contributed by atoms with Gasteiger partial charge in [-0.2, -0.15) is 0 Å². The molecule has 104 valence electrons. The lowest BCUT2D eigenvalue weighted by Crippen LogP contribution is -2.06. The van der Waals surface area contributed by atoms with Crippen LogP contribution in [0.25, 0.3) is 11.1 Å². The van der Waals surface area contributed by atoms with Gasteiger partial charge in [0.05, 0.1) is 6.54 Å². The van der Waals surface area contributed by atoms with Crippen molar-refractivity contribution in [1.29, 1.82) is 0 Å². The van der Waals surface area contributed by atoms with E-state index in [9.17, 15) is 0 Å². The summed E-state index contributed by atoms with van der Waals surface area (Å²) in [5, 5.41) is 3.44. The summed E-state index contributed by atoms with van der Waals surface area (Å²) in [4.78, 5) is 4.35. The lowest BCUT2D eigenvalue weighted by molar-refractivity contribution is 0.561. The van der Waals surface area contributed by atoms with Crippen molar-refractivity contribution in [3.8, 4) is 0 Å². The summed E-state index contributed by atoms with van der Waals surface area (Å²) in [6.45, 7) is 5.93. The first kappa shape index (κ1) is 12.8. The lowest BCUT2D eigenvalue weighted by atomic mass is 10.3. The number of nitrogens with one attached hydrogen (secondary N) is 1. The number of hydrogen-bond acceptors (Lipinski definition) is 3. The first-order valence-electron chi connectivity index (χ1n) is 7.01. The fourth-order valence-electron chi connectivity index (χ4n) is 2.41. The number of nitrogens with zero attached hydrogens (tertiary/aromatic N) is 2. The van der Waals surface area contributed by atoms with Gasteiger partial charge in [-0.1, -0.05) is 6.92 Å². The monoisotopic (exact) mass is 269 g/mol. The number of rotatable bonds is 5. The Kier molecular flexibility index (Phi) is 3.46. The van der Waals surface area contributed by atoms with Gasteiger partial charge in [0.25, 0.3) is 0 Å². The Balaban J connectivity index is 1.74. The van der Waals surface area contributed by atoms with Crippen molar-refractivity contribution in [3.63, 3.8) is 0 Å². The minimum Gasteiger partial charge on any atom is -0.441 e. The molecular weight excluding hydrogens is 250 g/mol. The van der Waals surface area contributed by atoms with Crippen LogP contribution >= 0.6 is 0 Å². The molecule has 0 aliphatic carbocycles. The minimum atomic E-state index is 0.703. The number of aryl methyl sites for hydroxylation is 2. The molecule has 1 aromatic carbocycles. The second-order valence-corrected chi connectivity index (χ2v) is 4.96. The molecule has 0 spiro atoms. The van der Waals surface area contributed by atoms with E-state index in [1.165, 1.54) is 5.69 Å². The minimum absolute atomic E-state index is 0.703. The third-order valence-corrected chi connectivity index (χ3v) is 3.36. The zero-order valence-electron chi connectivity index (χ0n) is 11.9. The van der Waals surface area contributed by atoms with Crippen LogP contribution in [0.15, 0.2) is 40.9 Å². The first-order valence-corrected chi connectivity index (χ1v) is 7.01. The van der Waals surface area contributed by atoms with Crippen molar-refractivity contribution in [2.24, 2.45) is 0 Å². The number of fused-ring (bicyclic) bond motifs is 1. The van der Waals surface area contributed by atoms with Crippen LogP contribution in [0, 0.1) is 6.92 Å². The molecule has 0 atom stereocenters. The van der Waals surface area contributed by atoms with E-state index >= 15 is 0 Å². The van der Waals surface area contributed by atoms with Gasteiger partial charge in [0.1, 0.15) is 5.52 Å². The van der Waals surface area contributed by atoms with Crippen molar-refractivity contribution in [1.82, 2.24) is 9.55 Å². The molecule has 0 aliphatic rings. The van der Waals surface area contributed by atoms with Crippen LogP contribution in [0.2, 0.25) is 0 Å². The maximum Gasteiger partial charge on any atom is 0.192 e. The van der Waals surface area contributed by atoms with E-state index in [0.29, 0.717) is 5.89 Å². The predicted molar refractivity (Wildman–Crippen MR) is 80.8 cm³/mol. The van der Waals surface area contributed by atoms with Crippen LogP contribution in [0.5, 0.6) is 0 Å². The van der Waals surface area contributed by atoms with Gasteiger partial charge in [0.2, 0.25) is 0 Å². The molecule has 3 aromatic rings. The third-order valence-electron chi connectivity index (χ3n) is 3.36. The van der Waals surface area contributed by atoms with Gasteiger partial charge in [-0.05, 0) is 36.8 Å². The Morgan fingerprint density at radius 3 is 3.05 bits per heavy atom. The summed E-state index contributed by atoms with van der Waals surface area (Å²) < 4.78 is 7.76. The number of aromatic nitrogens is 2. The second-order valence-electron chi connectivity index (χ2n) is 4.96. The van der Waals surface area contributed by atoms with E-state index in [0.717, 1.165) is 36.3 Å². The third kappa shape index (κ3) is 2.54. The zero-order valence-corrected chi connectivity index (χ0v) is 11.9. The molecular formula is C16H19N3O. The molecule has 4 heteroatoms. The Bertz CT molecular complexity index is 711. The maximum atomic E-state index is 5.48. The van der Waals surface area contributed by atoms with Gasteiger partial charge in [0.15, 0.2) is 11.5 Å². The van der Waals surface area contributed by atoms with Crippen molar-refractivity contribution < 1.29 is 4.42 Å². The normalized spacial score (nSPS) is 11.1. The summed E-state index contributed by atoms with van der Waals surface area (Å²) in [6.07, 6.45) is 3.27. The molecule has 0 amide bonds. The molecule has 0 fully saturated rings. The highest BCUT2D eigenvalue weighted by Crippen LogP contribution is 2.20. The first-order chi connectivity index (χ1) is 9.76. The predicted octanol–water partition coefficient (Wildman–Crippen LogP) is 3.96. The second kappa shape index (κ2) is 5.41. The topological polar surface area (TPSA) is 43.0 Å². The van der Waals surface area contributed by atoms with Crippen LogP contribution < -0.4 is 5.32 Å². The molecule has 2 heterocycles. The van der Waals surface area contributed by atoms with Gasteiger partial charge < -0.3 is 14.3 Å². The summed E-state index contributed by atoms with van der Waals surface area (Å²) in [5.41, 5.74) is 4.09. The number of benzene rings is 1. The van der Waals surface area contributed by atoms with E-state index in [4.69, 9.17) is 4.42 Å². The maximum absolute atomic E-state index is 5.48. The van der Waals surface area contributed by atoms with Crippen molar-refractivity contribution in [2.45, 2.75) is 33.4 Å². The Labute approximate surface area is 118 Å². The molecule has 2 aromatic heterocycles. The van der Waals surface area contributed by atoms with Crippen LogP contribution in [-0.4, -0.2) is 9.55 Å². The van der Waals surface area contributed by atoms with Crippen LogP contribution in [-0.2, 0) is 13.1 Å². The molecule has 0 saturated heterocycles. The van der Waals surface area contributed by atoms with Gasteiger partial charge in [0, 0.05) is 31.0 Å². The smallest absolute Gasteiger partial charge is 0.192 e. The lowest BCUT2D eigenvalue weighted by Gasteiger charge is -2.10. The summed E-state index contributed by atoms with van der Waals surface area (Å²) in [6, 6.07) is 10.3. The number of oxazole rings is 1. The summed E-state index contributed by atoms with van der Waals surface area (Å²) in [5.74, 6) is 0.703. The fourth-order valence-corrected chi connectivity index (χ4v) is 2.41. The Morgan fingerprint density at radius 1 is 1.30 bits per heavy atom. The summed E-state index contributed by atoms with van der Waals surface area (Å²) >= 11 is 0. The molecule has 0 saturated carbocycles. The molecule has 0 unspecified atom stereocenters. The summed E-state index contributed by atoms with van der Waals surface area (Å²) in [7, 11) is 0. The molecule has 0 aliphatic heterocycles. The molecule has 20 heavy (non-hydrogen) atoms. The molecule has 4 nitrogen and oxygen atoms in total. The molecule has 1 N–H and O–H groups in total. The van der Waals surface area contributed by atoms with Crippen LogP contribution in [0.3, 0.4) is 0 Å². The van der Waals surface area contributed by atoms with E-state index in [1.807, 2.05) is 25.1 Å². The van der Waals surface area contributed by atoms with E-state index in [1.54, 1.807) is 0 Å².